The molecule has 0 spiro atoms. The quantitative estimate of drug-likeness (QED) is 0.379. The summed E-state index contributed by atoms with van der Waals surface area (Å²) >= 11 is 5.69. The maximum absolute atomic E-state index is 11.9. The summed E-state index contributed by atoms with van der Waals surface area (Å²) in [6.07, 6.45) is 6.39. The molecular weight excluding hydrogens is 336 g/mol. The van der Waals surface area contributed by atoms with E-state index in [9.17, 15) is 19.7 Å². The Bertz CT molecular complexity index is 627. The largest absolute Gasteiger partial charge is 0.452 e. The van der Waals surface area contributed by atoms with Crippen LogP contribution < -0.4 is 5.32 Å². The van der Waals surface area contributed by atoms with Crippen LogP contribution in [0.3, 0.4) is 0 Å². The molecule has 1 aliphatic carbocycles. The number of benzene rings is 1. The Kier molecular flexibility index (Phi) is 6.54. The van der Waals surface area contributed by atoms with Gasteiger partial charge in [-0.15, -0.1) is 0 Å². The number of carbonyl (C=O) groups is 2. The van der Waals surface area contributed by atoms with E-state index in [2.05, 4.69) is 5.32 Å². The van der Waals surface area contributed by atoms with Gasteiger partial charge in [0.2, 0.25) is 0 Å². The highest BCUT2D eigenvalue weighted by Crippen LogP contribution is 2.25. The zero-order valence-electron chi connectivity index (χ0n) is 13.1. The Morgan fingerprint density at radius 1 is 1.25 bits per heavy atom. The first-order valence-corrected chi connectivity index (χ1v) is 8.25. The summed E-state index contributed by atoms with van der Waals surface area (Å²) in [5, 5.41) is 13.6. The van der Waals surface area contributed by atoms with Gasteiger partial charge < -0.3 is 10.1 Å². The fraction of sp³-hybridized carbons (Fsp3) is 0.500. The van der Waals surface area contributed by atoms with Gasteiger partial charge >= 0.3 is 5.97 Å². The highest BCUT2D eigenvalue weighted by Gasteiger charge is 2.19. The lowest BCUT2D eigenvalue weighted by atomic mass is 10.1. The molecular formula is C16H19ClN2O5. The third kappa shape index (κ3) is 5.19. The second-order valence-electron chi connectivity index (χ2n) is 5.76. The van der Waals surface area contributed by atoms with E-state index in [1.807, 2.05) is 0 Å². The van der Waals surface area contributed by atoms with Gasteiger partial charge in [-0.05, 0) is 25.0 Å². The molecule has 1 fully saturated rings. The van der Waals surface area contributed by atoms with Crippen molar-refractivity contribution in [2.24, 2.45) is 0 Å². The summed E-state index contributed by atoms with van der Waals surface area (Å²) in [4.78, 5) is 33.9. The lowest BCUT2D eigenvalue weighted by molar-refractivity contribution is -0.384. The molecule has 1 N–H and O–H groups in total. The van der Waals surface area contributed by atoms with Crippen LogP contribution in [0.5, 0.6) is 0 Å². The molecule has 0 unspecified atom stereocenters. The summed E-state index contributed by atoms with van der Waals surface area (Å²) in [5.41, 5.74) is -0.401. The van der Waals surface area contributed by atoms with Crippen molar-refractivity contribution in [1.82, 2.24) is 5.32 Å². The first kappa shape index (κ1) is 18.2. The van der Waals surface area contributed by atoms with Crippen molar-refractivity contribution in [1.29, 1.82) is 0 Å². The lowest BCUT2D eigenvalue weighted by Gasteiger charge is -2.16. The molecule has 1 aliphatic rings. The van der Waals surface area contributed by atoms with Gasteiger partial charge in [-0.2, -0.15) is 0 Å². The standard InChI is InChI=1S/C16H19ClN2O5/c17-13-8-7-11(9-14(13)19(22)23)16(21)24-10-15(20)18-12-5-3-1-2-4-6-12/h7-9,12H,1-6,10H2,(H,18,20). The van der Waals surface area contributed by atoms with E-state index in [1.54, 1.807) is 0 Å². The fourth-order valence-corrected chi connectivity index (χ4v) is 2.87. The molecule has 8 heteroatoms. The second kappa shape index (κ2) is 8.63. The van der Waals surface area contributed by atoms with Crippen LogP contribution in [0.1, 0.15) is 48.9 Å². The summed E-state index contributed by atoms with van der Waals surface area (Å²) in [6, 6.07) is 3.73. The zero-order valence-corrected chi connectivity index (χ0v) is 13.9. The number of nitrogens with one attached hydrogen (secondary N) is 1. The average Bonchev–Trinajstić information content (AvgIpc) is 2.81. The summed E-state index contributed by atoms with van der Waals surface area (Å²) in [7, 11) is 0. The van der Waals surface area contributed by atoms with E-state index >= 15 is 0 Å². The van der Waals surface area contributed by atoms with Crippen LogP contribution in [0, 0.1) is 10.1 Å². The van der Waals surface area contributed by atoms with Gasteiger partial charge in [0.1, 0.15) is 5.02 Å². The minimum absolute atomic E-state index is 0.0200. The number of nitro groups is 1. The highest BCUT2D eigenvalue weighted by atomic mass is 35.5. The molecule has 24 heavy (non-hydrogen) atoms. The molecule has 7 nitrogen and oxygen atoms in total. The maximum Gasteiger partial charge on any atom is 0.338 e. The van der Waals surface area contributed by atoms with Crippen LogP contribution in [-0.2, 0) is 9.53 Å². The number of hydrogen-bond acceptors (Lipinski definition) is 5. The predicted molar refractivity (Wildman–Crippen MR) is 88.0 cm³/mol. The maximum atomic E-state index is 11.9. The van der Waals surface area contributed by atoms with Crippen LogP contribution in [0.2, 0.25) is 5.02 Å². The van der Waals surface area contributed by atoms with Crippen molar-refractivity contribution in [2.75, 3.05) is 6.61 Å². The van der Waals surface area contributed by atoms with E-state index < -0.39 is 17.5 Å². The van der Waals surface area contributed by atoms with Gasteiger partial charge in [0.15, 0.2) is 6.61 Å². The van der Waals surface area contributed by atoms with Crippen molar-refractivity contribution in [3.63, 3.8) is 0 Å². The van der Waals surface area contributed by atoms with Crippen molar-refractivity contribution in [2.45, 2.75) is 44.6 Å². The third-order valence-electron chi connectivity index (χ3n) is 3.93. The molecule has 0 radical (unpaired) electrons. The number of carbonyl (C=O) groups excluding carboxylic acids is 2. The molecule has 0 aliphatic heterocycles. The summed E-state index contributed by atoms with van der Waals surface area (Å²) in [6.45, 7) is -0.411. The van der Waals surface area contributed by atoms with Crippen molar-refractivity contribution >= 4 is 29.2 Å². The molecule has 0 bridgehead atoms. The number of ether oxygens (including phenoxy) is 1. The van der Waals surface area contributed by atoms with Gasteiger partial charge in [-0.25, -0.2) is 4.79 Å². The van der Waals surface area contributed by atoms with Gasteiger partial charge in [0.25, 0.3) is 11.6 Å². The predicted octanol–water partition coefficient (Wildman–Crippen LogP) is 3.24. The molecule has 0 saturated heterocycles. The second-order valence-corrected chi connectivity index (χ2v) is 6.16. The molecule has 1 aromatic rings. The van der Waals surface area contributed by atoms with E-state index in [1.165, 1.54) is 25.0 Å². The third-order valence-corrected chi connectivity index (χ3v) is 4.25. The normalized spacial score (nSPS) is 15.4. The van der Waals surface area contributed by atoms with Crippen LogP contribution in [0.15, 0.2) is 18.2 Å². The van der Waals surface area contributed by atoms with Crippen molar-refractivity contribution in [3.05, 3.63) is 38.9 Å². The van der Waals surface area contributed by atoms with Crippen LogP contribution >= 0.6 is 11.6 Å². The molecule has 1 saturated carbocycles. The molecule has 0 heterocycles. The lowest BCUT2D eigenvalue weighted by Crippen LogP contribution is -2.37. The number of halogens is 1. The van der Waals surface area contributed by atoms with Crippen LogP contribution in [0.25, 0.3) is 0 Å². The number of hydrogen-bond donors (Lipinski definition) is 1. The van der Waals surface area contributed by atoms with Crippen LogP contribution in [-0.4, -0.2) is 29.4 Å². The number of amides is 1. The highest BCUT2D eigenvalue weighted by molar-refractivity contribution is 6.32. The van der Waals surface area contributed by atoms with Crippen LogP contribution in [0.4, 0.5) is 5.69 Å². The van der Waals surface area contributed by atoms with E-state index in [-0.39, 0.29) is 28.2 Å². The Morgan fingerprint density at radius 2 is 1.92 bits per heavy atom. The van der Waals surface area contributed by atoms with E-state index in [0.29, 0.717) is 0 Å². The SMILES string of the molecule is O=C(COC(=O)c1ccc(Cl)c([N+](=O)[O-])c1)NC1CCCCCC1. The van der Waals surface area contributed by atoms with E-state index in [0.717, 1.165) is 31.7 Å². The van der Waals surface area contributed by atoms with E-state index in [4.69, 9.17) is 16.3 Å². The molecule has 1 amide bonds. The molecule has 1 aromatic carbocycles. The topological polar surface area (TPSA) is 98.5 Å². The Balaban J connectivity index is 1.87. The van der Waals surface area contributed by atoms with Gasteiger partial charge in [-0.1, -0.05) is 37.3 Å². The monoisotopic (exact) mass is 354 g/mol. The number of rotatable bonds is 5. The first-order chi connectivity index (χ1) is 11.5. The molecule has 130 valence electrons. The molecule has 0 aromatic heterocycles. The van der Waals surface area contributed by atoms with Crippen molar-refractivity contribution in [3.8, 4) is 0 Å². The molecule has 2 rings (SSSR count). The van der Waals surface area contributed by atoms with Gasteiger partial charge in [-0.3, -0.25) is 14.9 Å². The summed E-state index contributed by atoms with van der Waals surface area (Å²) < 4.78 is 4.92. The Hall–Kier alpha value is -2.15. The van der Waals surface area contributed by atoms with Crippen molar-refractivity contribution < 1.29 is 19.2 Å². The smallest absolute Gasteiger partial charge is 0.338 e. The number of nitro benzene ring substituents is 1. The van der Waals surface area contributed by atoms with Gasteiger partial charge in [0, 0.05) is 12.1 Å². The minimum Gasteiger partial charge on any atom is -0.452 e. The summed E-state index contributed by atoms with van der Waals surface area (Å²) in [5.74, 6) is -1.16. The average molecular weight is 355 g/mol. The molecule has 0 atom stereocenters. The van der Waals surface area contributed by atoms with Gasteiger partial charge in [0.05, 0.1) is 10.5 Å². The minimum atomic E-state index is -0.800. The Morgan fingerprint density at radius 3 is 2.54 bits per heavy atom. The first-order valence-electron chi connectivity index (χ1n) is 7.88. The Labute approximate surface area is 144 Å². The fourth-order valence-electron chi connectivity index (χ4n) is 2.69. The number of esters is 1. The zero-order chi connectivity index (χ0) is 17.5. The number of nitrogens with zero attached hydrogens (tertiary/aromatic N) is 1.